The average molecular weight is 497 g/mol. The van der Waals surface area contributed by atoms with Crippen LogP contribution >= 0.6 is 0 Å². The first kappa shape index (κ1) is 23.9. The maximum atomic E-state index is 13.6. The van der Waals surface area contributed by atoms with Gasteiger partial charge in [-0.15, -0.1) is 0 Å². The molecule has 34 heavy (non-hydrogen) atoms. The van der Waals surface area contributed by atoms with Crippen LogP contribution in [0.3, 0.4) is 0 Å². The number of nitrogens with one attached hydrogen (secondary N) is 1. The first-order chi connectivity index (χ1) is 15.9. The van der Waals surface area contributed by atoms with E-state index in [0.29, 0.717) is 4.57 Å². The number of nitrogens with zero attached hydrogens (tertiary/aromatic N) is 4. The summed E-state index contributed by atoms with van der Waals surface area (Å²) in [7, 11) is -2.43. The predicted molar refractivity (Wildman–Crippen MR) is 118 cm³/mol. The lowest BCUT2D eigenvalue weighted by molar-refractivity contribution is -0.144. The fourth-order valence-electron chi connectivity index (χ4n) is 3.74. The highest BCUT2D eigenvalue weighted by atomic mass is 32.2. The third kappa shape index (κ3) is 4.08. The van der Waals surface area contributed by atoms with Gasteiger partial charge in [-0.3, -0.25) is 9.59 Å². The van der Waals surface area contributed by atoms with Crippen LogP contribution < -0.4 is 10.9 Å². The summed E-state index contributed by atoms with van der Waals surface area (Å²) in [6.45, 7) is 2.63. The lowest BCUT2D eigenvalue weighted by Gasteiger charge is -2.14. The Balaban J connectivity index is 1.98. The Bertz CT molecular complexity index is 1470. The molecule has 0 atom stereocenters. The van der Waals surface area contributed by atoms with Gasteiger partial charge in [-0.1, -0.05) is 6.92 Å². The van der Waals surface area contributed by atoms with E-state index in [1.54, 1.807) is 0 Å². The number of imidazole rings is 1. The zero-order chi connectivity index (χ0) is 25.0. The van der Waals surface area contributed by atoms with Crippen molar-refractivity contribution in [1.82, 2.24) is 19.1 Å². The van der Waals surface area contributed by atoms with Crippen molar-refractivity contribution in [3.8, 4) is 11.5 Å². The molecule has 0 unspecified atom stereocenters. The summed E-state index contributed by atoms with van der Waals surface area (Å²) in [5.74, 6) is -0.677. The molecule has 3 aromatic heterocycles. The number of hydrogen-bond donors (Lipinski definition) is 1. The van der Waals surface area contributed by atoms with Crippen molar-refractivity contribution in [2.24, 2.45) is 13.0 Å². The van der Waals surface area contributed by atoms with Crippen LogP contribution in [0.1, 0.15) is 32.4 Å². The van der Waals surface area contributed by atoms with E-state index >= 15 is 0 Å². The average Bonchev–Trinajstić information content (AvgIpc) is 3.56. The highest BCUT2D eigenvalue weighted by Gasteiger charge is 2.36. The van der Waals surface area contributed by atoms with Gasteiger partial charge < -0.3 is 14.5 Å². The van der Waals surface area contributed by atoms with Crippen molar-refractivity contribution in [2.45, 2.75) is 44.3 Å². The number of rotatable bonds is 6. The Kier molecular flexibility index (Phi) is 5.78. The molecular weight excluding hydrogens is 475 g/mol. The lowest BCUT2D eigenvalue weighted by Crippen LogP contribution is -2.28. The maximum absolute atomic E-state index is 13.6. The fraction of sp³-hybridized carbons (Fsp3) is 0.429. The SMILES string of the molecule is CCn1c(C(F)(F)F)cc2nc(-c3nc(NC(=O)C4CC4)ccc3S(=O)(=O)CC)n(C)c2c1=O. The molecule has 3 heterocycles. The third-order valence-electron chi connectivity index (χ3n) is 5.73. The van der Waals surface area contributed by atoms with Crippen LogP contribution in [-0.2, 0) is 34.4 Å². The van der Waals surface area contributed by atoms with E-state index in [-0.39, 0.29) is 57.4 Å². The van der Waals surface area contributed by atoms with Crippen molar-refractivity contribution in [1.29, 1.82) is 0 Å². The summed E-state index contributed by atoms with van der Waals surface area (Å²) in [6.07, 6.45) is -3.29. The molecule has 1 aliphatic rings. The number of aromatic nitrogens is 4. The second-order valence-corrected chi connectivity index (χ2v) is 10.3. The van der Waals surface area contributed by atoms with Gasteiger partial charge in [0.05, 0.1) is 16.2 Å². The molecule has 1 aliphatic carbocycles. The number of sulfone groups is 1. The van der Waals surface area contributed by atoms with E-state index in [2.05, 4.69) is 15.3 Å². The summed E-state index contributed by atoms with van der Waals surface area (Å²) in [5, 5.41) is 2.63. The molecule has 3 aromatic rings. The summed E-state index contributed by atoms with van der Waals surface area (Å²) >= 11 is 0. The van der Waals surface area contributed by atoms with Gasteiger partial charge >= 0.3 is 6.18 Å². The van der Waals surface area contributed by atoms with Crippen LogP contribution in [-0.4, -0.2) is 39.2 Å². The van der Waals surface area contributed by atoms with Crippen LogP contribution in [0.15, 0.2) is 27.9 Å². The van der Waals surface area contributed by atoms with E-state index < -0.39 is 27.3 Å². The van der Waals surface area contributed by atoms with Crippen molar-refractivity contribution in [3.05, 3.63) is 34.2 Å². The predicted octanol–water partition coefficient (Wildman–Crippen LogP) is 2.98. The molecule has 1 fully saturated rings. The summed E-state index contributed by atoms with van der Waals surface area (Å²) < 4.78 is 68.0. The van der Waals surface area contributed by atoms with Crippen LogP contribution in [0.5, 0.6) is 0 Å². The quantitative estimate of drug-likeness (QED) is 0.560. The Morgan fingerprint density at radius 1 is 1.21 bits per heavy atom. The number of anilines is 1. The largest absolute Gasteiger partial charge is 0.431 e. The van der Waals surface area contributed by atoms with Crippen molar-refractivity contribution < 1.29 is 26.4 Å². The van der Waals surface area contributed by atoms with Crippen LogP contribution in [0.25, 0.3) is 22.6 Å². The molecule has 0 bridgehead atoms. The van der Waals surface area contributed by atoms with E-state index in [1.165, 1.54) is 37.6 Å². The molecule has 9 nitrogen and oxygen atoms in total. The lowest BCUT2D eigenvalue weighted by atomic mass is 10.3. The number of carbonyl (C=O) groups is 1. The van der Waals surface area contributed by atoms with Gasteiger partial charge in [0.1, 0.15) is 22.7 Å². The summed E-state index contributed by atoms with van der Waals surface area (Å²) in [6, 6.07) is 3.38. The van der Waals surface area contributed by atoms with Gasteiger partial charge in [-0.25, -0.2) is 18.4 Å². The number of carbonyl (C=O) groups excluding carboxylic acids is 1. The molecule has 0 radical (unpaired) electrons. The first-order valence-electron chi connectivity index (χ1n) is 10.6. The first-order valence-corrected chi connectivity index (χ1v) is 12.3. The van der Waals surface area contributed by atoms with Gasteiger partial charge in [0.15, 0.2) is 15.7 Å². The number of halogens is 3. The number of alkyl halides is 3. The molecule has 1 saturated carbocycles. The zero-order valence-corrected chi connectivity index (χ0v) is 19.4. The molecule has 0 aliphatic heterocycles. The van der Waals surface area contributed by atoms with E-state index in [1.807, 2.05) is 0 Å². The molecule has 13 heteroatoms. The Hall–Kier alpha value is -3.22. The number of pyridine rings is 2. The van der Waals surface area contributed by atoms with Crippen molar-refractivity contribution in [3.63, 3.8) is 0 Å². The van der Waals surface area contributed by atoms with Gasteiger partial charge in [0.2, 0.25) is 5.91 Å². The molecule has 4 rings (SSSR count). The van der Waals surface area contributed by atoms with Crippen LogP contribution in [0, 0.1) is 5.92 Å². The highest BCUT2D eigenvalue weighted by molar-refractivity contribution is 7.91. The molecule has 0 aromatic carbocycles. The van der Waals surface area contributed by atoms with E-state index in [0.717, 1.165) is 18.9 Å². The molecule has 0 saturated heterocycles. The Morgan fingerprint density at radius 2 is 1.88 bits per heavy atom. The number of amides is 1. The minimum Gasteiger partial charge on any atom is -0.321 e. The van der Waals surface area contributed by atoms with Crippen molar-refractivity contribution in [2.75, 3.05) is 11.1 Å². The zero-order valence-electron chi connectivity index (χ0n) is 18.6. The smallest absolute Gasteiger partial charge is 0.321 e. The maximum Gasteiger partial charge on any atom is 0.431 e. The fourth-order valence-corrected chi connectivity index (χ4v) is 4.75. The normalized spacial score (nSPS) is 14.5. The van der Waals surface area contributed by atoms with Gasteiger partial charge in [0.25, 0.3) is 5.56 Å². The Labute approximate surface area is 192 Å². The molecule has 1 amide bonds. The van der Waals surface area contributed by atoms with Gasteiger partial charge in [-0.2, -0.15) is 13.2 Å². The van der Waals surface area contributed by atoms with Crippen LogP contribution in [0.2, 0.25) is 0 Å². The van der Waals surface area contributed by atoms with Gasteiger partial charge in [-0.05, 0) is 38.0 Å². The van der Waals surface area contributed by atoms with Crippen molar-refractivity contribution >= 4 is 32.6 Å². The molecule has 0 spiro atoms. The topological polar surface area (TPSA) is 116 Å². The minimum atomic E-state index is -4.79. The monoisotopic (exact) mass is 497 g/mol. The number of hydrogen-bond acceptors (Lipinski definition) is 6. The number of aryl methyl sites for hydroxylation is 1. The second-order valence-electron chi connectivity index (χ2n) is 8.02. The van der Waals surface area contributed by atoms with E-state index in [9.17, 15) is 31.2 Å². The summed E-state index contributed by atoms with van der Waals surface area (Å²) in [4.78, 5) is 33.4. The van der Waals surface area contributed by atoms with Gasteiger partial charge in [0, 0.05) is 19.5 Å². The number of fused-ring (bicyclic) bond motifs is 1. The summed E-state index contributed by atoms with van der Waals surface area (Å²) in [5.41, 5.74) is -2.60. The van der Waals surface area contributed by atoms with Crippen LogP contribution in [0.4, 0.5) is 19.0 Å². The third-order valence-corrected chi connectivity index (χ3v) is 7.48. The second kappa shape index (κ2) is 8.22. The highest BCUT2D eigenvalue weighted by Crippen LogP contribution is 2.34. The Morgan fingerprint density at radius 3 is 2.44 bits per heavy atom. The molecule has 182 valence electrons. The molecular formula is C21H22F3N5O4S. The minimum absolute atomic E-state index is 0.0796. The van der Waals surface area contributed by atoms with E-state index in [4.69, 9.17) is 0 Å². The molecule has 1 N–H and O–H groups in total. The standard InChI is InChI=1S/C21H22F3N5O4S/c1-4-29-14(21(22,23)24)10-12-17(20(29)31)28(3)18(25-12)16-13(34(32,33)5-2)8-9-15(26-16)27-19(30)11-6-7-11/h8-11H,4-7H2,1-3H3,(H,26,27,30).